The number of aromatic nitrogens is 3. The molecule has 0 aliphatic heterocycles. The summed E-state index contributed by atoms with van der Waals surface area (Å²) in [6.45, 7) is 0.412. The topological polar surface area (TPSA) is 69.0 Å². The number of nitrogens with one attached hydrogen (secondary N) is 1. The molecule has 1 amide bonds. The van der Waals surface area contributed by atoms with Crippen molar-refractivity contribution in [2.45, 2.75) is 44.6 Å². The molecule has 1 fully saturated rings. The maximum absolute atomic E-state index is 11.5. The molecule has 1 heterocycles. The number of nitrogens with zero attached hydrogens (tertiary/aromatic N) is 3. The van der Waals surface area contributed by atoms with Crippen LogP contribution in [-0.2, 0) is 9.53 Å². The molecule has 0 radical (unpaired) electrons. The fraction of sp³-hybridized carbons (Fsp3) is 0.750. The number of carbonyl (C=O) groups is 1. The molecule has 1 aliphatic carbocycles. The Bertz CT molecular complexity index is 385. The van der Waals surface area contributed by atoms with Crippen molar-refractivity contribution in [2.24, 2.45) is 0 Å². The van der Waals surface area contributed by atoms with Crippen LogP contribution in [0.2, 0.25) is 0 Å². The highest BCUT2D eigenvalue weighted by atomic mass is 16.5. The number of amides is 1. The highest BCUT2D eigenvalue weighted by Crippen LogP contribution is 2.27. The second kappa shape index (κ2) is 6.49. The Labute approximate surface area is 107 Å². The number of hydrogen-bond donors (Lipinski definition) is 1. The van der Waals surface area contributed by atoms with E-state index in [1.807, 2.05) is 4.68 Å². The summed E-state index contributed by atoms with van der Waals surface area (Å²) in [7, 11) is 1.57. The predicted molar refractivity (Wildman–Crippen MR) is 67.3 cm³/mol. The number of rotatable bonds is 5. The van der Waals surface area contributed by atoms with E-state index in [0.29, 0.717) is 25.0 Å². The average molecular weight is 252 g/mol. The molecule has 1 aromatic rings. The average Bonchev–Trinajstić information content (AvgIpc) is 2.86. The molecule has 1 saturated carbocycles. The number of anilines is 1. The van der Waals surface area contributed by atoms with E-state index in [0.717, 1.165) is 12.8 Å². The summed E-state index contributed by atoms with van der Waals surface area (Å²) in [5.41, 5.74) is 0. The van der Waals surface area contributed by atoms with Gasteiger partial charge in [-0.15, -0.1) is 5.10 Å². The van der Waals surface area contributed by atoms with Crippen LogP contribution in [0, 0.1) is 0 Å². The van der Waals surface area contributed by atoms with E-state index in [1.165, 1.54) is 19.3 Å². The Hall–Kier alpha value is -1.43. The molecule has 1 aliphatic rings. The third kappa shape index (κ3) is 3.53. The van der Waals surface area contributed by atoms with Gasteiger partial charge in [-0.05, 0) is 12.8 Å². The highest BCUT2D eigenvalue weighted by molar-refractivity contribution is 5.88. The lowest BCUT2D eigenvalue weighted by Crippen LogP contribution is -2.16. The smallest absolute Gasteiger partial charge is 0.248 e. The van der Waals surface area contributed by atoms with Crippen LogP contribution >= 0.6 is 0 Å². The monoisotopic (exact) mass is 252 g/mol. The lowest BCUT2D eigenvalue weighted by molar-refractivity contribution is -0.117. The SMILES string of the molecule is COCCC(=O)Nc1ncn(C2CCCCC2)n1. The van der Waals surface area contributed by atoms with Gasteiger partial charge >= 0.3 is 0 Å². The summed E-state index contributed by atoms with van der Waals surface area (Å²) < 4.78 is 6.72. The van der Waals surface area contributed by atoms with Crippen molar-refractivity contribution < 1.29 is 9.53 Å². The van der Waals surface area contributed by atoms with Crippen molar-refractivity contribution in [1.29, 1.82) is 0 Å². The first-order valence-electron chi connectivity index (χ1n) is 6.49. The zero-order valence-corrected chi connectivity index (χ0v) is 10.8. The van der Waals surface area contributed by atoms with E-state index in [1.54, 1.807) is 13.4 Å². The van der Waals surface area contributed by atoms with E-state index in [2.05, 4.69) is 15.4 Å². The Morgan fingerprint density at radius 2 is 2.28 bits per heavy atom. The molecule has 0 bridgehead atoms. The minimum absolute atomic E-state index is 0.113. The van der Waals surface area contributed by atoms with Gasteiger partial charge in [0.05, 0.1) is 19.1 Å². The number of carbonyl (C=O) groups excluding carboxylic acids is 1. The molecule has 1 N–H and O–H groups in total. The molecular formula is C12H20N4O2. The summed E-state index contributed by atoms with van der Waals surface area (Å²) in [4.78, 5) is 15.6. The Balaban J connectivity index is 1.87. The summed E-state index contributed by atoms with van der Waals surface area (Å²) in [6, 6.07) is 0.441. The molecule has 6 nitrogen and oxygen atoms in total. The van der Waals surface area contributed by atoms with Crippen LogP contribution in [0.3, 0.4) is 0 Å². The second-order valence-corrected chi connectivity index (χ2v) is 4.63. The minimum Gasteiger partial charge on any atom is -0.384 e. The van der Waals surface area contributed by atoms with E-state index in [4.69, 9.17) is 4.74 Å². The maximum Gasteiger partial charge on any atom is 0.248 e. The fourth-order valence-electron chi connectivity index (χ4n) is 2.24. The number of methoxy groups -OCH3 is 1. The van der Waals surface area contributed by atoms with Crippen molar-refractivity contribution in [3.05, 3.63) is 6.33 Å². The molecule has 0 atom stereocenters. The molecule has 1 aromatic heterocycles. The molecule has 0 aromatic carbocycles. The lowest BCUT2D eigenvalue weighted by atomic mass is 9.96. The van der Waals surface area contributed by atoms with E-state index < -0.39 is 0 Å². The number of ether oxygens (including phenoxy) is 1. The summed E-state index contributed by atoms with van der Waals surface area (Å²) in [5, 5.41) is 6.99. The summed E-state index contributed by atoms with van der Waals surface area (Å²) in [5.74, 6) is 0.278. The van der Waals surface area contributed by atoms with E-state index in [9.17, 15) is 4.79 Å². The molecule has 2 rings (SSSR count). The Morgan fingerprint density at radius 1 is 1.50 bits per heavy atom. The van der Waals surface area contributed by atoms with Gasteiger partial charge in [-0.25, -0.2) is 9.67 Å². The second-order valence-electron chi connectivity index (χ2n) is 4.63. The molecule has 6 heteroatoms. The van der Waals surface area contributed by atoms with Crippen LogP contribution in [-0.4, -0.2) is 34.4 Å². The Morgan fingerprint density at radius 3 is 3.00 bits per heavy atom. The normalized spacial score (nSPS) is 16.7. The van der Waals surface area contributed by atoms with Crippen LogP contribution in [0.1, 0.15) is 44.6 Å². The van der Waals surface area contributed by atoms with Crippen molar-refractivity contribution in [3.63, 3.8) is 0 Å². The zero-order valence-electron chi connectivity index (χ0n) is 10.8. The van der Waals surface area contributed by atoms with E-state index in [-0.39, 0.29) is 5.91 Å². The first-order chi connectivity index (χ1) is 8.79. The van der Waals surface area contributed by atoms with Crippen molar-refractivity contribution in [2.75, 3.05) is 19.0 Å². The highest BCUT2D eigenvalue weighted by Gasteiger charge is 2.17. The van der Waals surface area contributed by atoms with Gasteiger partial charge in [0.2, 0.25) is 11.9 Å². The first kappa shape index (κ1) is 13.0. The lowest BCUT2D eigenvalue weighted by Gasteiger charge is -2.21. The molecule has 0 spiro atoms. The number of hydrogen-bond acceptors (Lipinski definition) is 4. The van der Waals surface area contributed by atoms with Gasteiger partial charge in [0, 0.05) is 7.11 Å². The van der Waals surface area contributed by atoms with Crippen LogP contribution in [0.15, 0.2) is 6.33 Å². The molecule has 0 unspecified atom stereocenters. The predicted octanol–water partition coefficient (Wildman–Crippen LogP) is 1.76. The van der Waals surface area contributed by atoms with Gasteiger partial charge in [-0.3, -0.25) is 10.1 Å². The zero-order chi connectivity index (χ0) is 12.8. The van der Waals surface area contributed by atoms with Crippen LogP contribution < -0.4 is 5.32 Å². The molecule has 0 saturated heterocycles. The van der Waals surface area contributed by atoms with Crippen molar-refractivity contribution in [1.82, 2.24) is 14.8 Å². The molecule has 18 heavy (non-hydrogen) atoms. The van der Waals surface area contributed by atoms with Crippen molar-refractivity contribution in [3.8, 4) is 0 Å². The summed E-state index contributed by atoms with van der Waals surface area (Å²) in [6.07, 6.45) is 8.16. The summed E-state index contributed by atoms with van der Waals surface area (Å²) >= 11 is 0. The Kier molecular flexibility index (Phi) is 4.69. The van der Waals surface area contributed by atoms with Gasteiger partial charge in [-0.2, -0.15) is 0 Å². The minimum atomic E-state index is -0.113. The van der Waals surface area contributed by atoms with Gasteiger partial charge in [0.15, 0.2) is 0 Å². The third-order valence-corrected chi connectivity index (χ3v) is 3.24. The fourth-order valence-corrected chi connectivity index (χ4v) is 2.24. The quantitative estimate of drug-likeness (QED) is 0.867. The van der Waals surface area contributed by atoms with Gasteiger partial charge in [-0.1, -0.05) is 19.3 Å². The molecule has 100 valence electrons. The molecular weight excluding hydrogens is 232 g/mol. The maximum atomic E-state index is 11.5. The standard InChI is InChI=1S/C12H20N4O2/c1-18-8-7-11(17)14-12-13-9-16(15-12)10-5-3-2-4-6-10/h9-10H,2-8H2,1H3,(H,14,15,17). The van der Waals surface area contributed by atoms with Crippen LogP contribution in [0.25, 0.3) is 0 Å². The van der Waals surface area contributed by atoms with Gasteiger partial charge in [0.1, 0.15) is 6.33 Å². The van der Waals surface area contributed by atoms with Gasteiger partial charge in [0.25, 0.3) is 0 Å². The van der Waals surface area contributed by atoms with E-state index >= 15 is 0 Å². The van der Waals surface area contributed by atoms with Gasteiger partial charge < -0.3 is 4.74 Å². The van der Waals surface area contributed by atoms with Crippen molar-refractivity contribution >= 4 is 11.9 Å². The first-order valence-corrected chi connectivity index (χ1v) is 6.49. The third-order valence-electron chi connectivity index (χ3n) is 3.24. The largest absolute Gasteiger partial charge is 0.384 e. The van der Waals surface area contributed by atoms with Crippen LogP contribution in [0.4, 0.5) is 5.95 Å². The van der Waals surface area contributed by atoms with Crippen LogP contribution in [0.5, 0.6) is 0 Å².